The number of aromatic nitrogens is 2. The van der Waals surface area contributed by atoms with Gasteiger partial charge in [0.1, 0.15) is 5.65 Å². The van der Waals surface area contributed by atoms with Crippen LogP contribution in [0.25, 0.3) is 5.65 Å². The van der Waals surface area contributed by atoms with E-state index in [4.69, 9.17) is 0 Å². The van der Waals surface area contributed by atoms with Crippen LogP contribution in [0, 0.1) is 11.8 Å². The molecule has 3 unspecified atom stereocenters. The summed E-state index contributed by atoms with van der Waals surface area (Å²) in [5, 5.41) is 3.70. The molecule has 1 fully saturated rings. The molecule has 2 aromatic rings. The second kappa shape index (κ2) is 5.33. The fourth-order valence-electron chi connectivity index (χ4n) is 3.18. The minimum Gasteiger partial charge on any atom is -0.308 e. The Balaban J connectivity index is 1.65. The fraction of sp³-hybridized carbons (Fsp3) is 0.562. The number of nitrogens with one attached hydrogen (secondary N) is 1. The fourth-order valence-corrected chi connectivity index (χ4v) is 3.18. The first-order valence-electron chi connectivity index (χ1n) is 7.40. The standard InChI is InChI=1S/C16H23N3/c1-12-6-5-7-15(13(12)2)17-10-14-11-19-9-4-3-8-16(19)18-14/h3-4,8-9,11-13,15,17H,5-7,10H2,1-2H3. The van der Waals surface area contributed by atoms with Crippen LogP contribution in [0.1, 0.15) is 38.8 Å². The average Bonchev–Trinajstić information content (AvgIpc) is 2.83. The van der Waals surface area contributed by atoms with Crippen LogP contribution in [0.15, 0.2) is 30.6 Å². The van der Waals surface area contributed by atoms with Crippen molar-refractivity contribution in [1.29, 1.82) is 0 Å². The molecule has 0 aromatic carbocycles. The summed E-state index contributed by atoms with van der Waals surface area (Å²) >= 11 is 0. The van der Waals surface area contributed by atoms with Gasteiger partial charge >= 0.3 is 0 Å². The third kappa shape index (κ3) is 2.66. The molecule has 0 saturated heterocycles. The van der Waals surface area contributed by atoms with Crippen molar-refractivity contribution >= 4 is 5.65 Å². The van der Waals surface area contributed by atoms with Gasteiger partial charge in [-0.1, -0.05) is 32.8 Å². The molecule has 0 aliphatic heterocycles. The van der Waals surface area contributed by atoms with E-state index < -0.39 is 0 Å². The lowest BCUT2D eigenvalue weighted by atomic mass is 9.78. The molecule has 1 aliphatic carbocycles. The van der Waals surface area contributed by atoms with Crippen LogP contribution in [0.4, 0.5) is 0 Å². The molecular formula is C16H23N3. The van der Waals surface area contributed by atoms with Gasteiger partial charge in [0.15, 0.2) is 0 Å². The zero-order valence-electron chi connectivity index (χ0n) is 11.8. The van der Waals surface area contributed by atoms with Gasteiger partial charge in [-0.3, -0.25) is 0 Å². The van der Waals surface area contributed by atoms with Crippen molar-refractivity contribution in [3.63, 3.8) is 0 Å². The normalized spacial score (nSPS) is 27.8. The first-order chi connectivity index (χ1) is 9.24. The number of rotatable bonds is 3. The first-order valence-corrected chi connectivity index (χ1v) is 7.40. The largest absolute Gasteiger partial charge is 0.308 e. The third-order valence-electron chi connectivity index (χ3n) is 4.67. The van der Waals surface area contributed by atoms with Crippen molar-refractivity contribution in [3.8, 4) is 0 Å². The van der Waals surface area contributed by atoms with E-state index in [1.807, 2.05) is 12.1 Å². The van der Waals surface area contributed by atoms with E-state index in [0.29, 0.717) is 6.04 Å². The molecule has 1 aliphatic rings. The third-order valence-corrected chi connectivity index (χ3v) is 4.67. The van der Waals surface area contributed by atoms with Crippen LogP contribution in [-0.4, -0.2) is 15.4 Å². The Morgan fingerprint density at radius 2 is 2.21 bits per heavy atom. The van der Waals surface area contributed by atoms with Crippen LogP contribution in [0.2, 0.25) is 0 Å². The predicted molar refractivity (Wildman–Crippen MR) is 78.0 cm³/mol. The molecule has 0 radical (unpaired) electrons. The molecule has 2 heterocycles. The quantitative estimate of drug-likeness (QED) is 0.914. The molecular weight excluding hydrogens is 234 g/mol. The minimum absolute atomic E-state index is 0.647. The molecule has 1 N–H and O–H groups in total. The molecule has 3 atom stereocenters. The van der Waals surface area contributed by atoms with Gasteiger partial charge < -0.3 is 9.72 Å². The minimum atomic E-state index is 0.647. The highest BCUT2D eigenvalue weighted by atomic mass is 15.0. The summed E-state index contributed by atoms with van der Waals surface area (Å²) in [7, 11) is 0. The molecule has 3 rings (SSSR count). The van der Waals surface area contributed by atoms with Crippen molar-refractivity contribution in [3.05, 3.63) is 36.3 Å². The van der Waals surface area contributed by atoms with E-state index in [9.17, 15) is 0 Å². The Labute approximate surface area is 115 Å². The number of hydrogen-bond donors (Lipinski definition) is 1. The lowest BCUT2D eigenvalue weighted by Gasteiger charge is -2.34. The van der Waals surface area contributed by atoms with Gasteiger partial charge in [-0.05, 0) is 30.4 Å². The summed E-state index contributed by atoms with van der Waals surface area (Å²) < 4.78 is 2.09. The summed E-state index contributed by atoms with van der Waals surface area (Å²) in [6.45, 7) is 5.64. The lowest BCUT2D eigenvalue weighted by molar-refractivity contribution is 0.205. The van der Waals surface area contributed by atoms with Crippen molar-refractivity contribution in [2.24, 2.45) is 11.8 Å². The zero-order chi connectivity index (χ0) is 13.2. The number of nitrogens with zero attached hydrogens (tertiary/aromatic N) is 2. The van der Waals surface area contributed by atoms with Gasteiger partial charge in [0.25, 0.3) is 0 Å². The van der Waals surface area contributed by atoms with Gasteiger partial charge in [0.05, 0.1) is 5.69 Å². The summed E-state index contributed by atoms with van der Waals surface area (Å²) in [5.74, 6) is 1.61. The van der Waals surface area contributed by atoms with Gasteiger partial charge in [0, 0.05) is 25.0 Å². The second-order valence-corrected chi connectivity index (χ2v) is 5.95. The molecule has 102 valence electrons. The van der Waals surface area contributed by atoms with Crippen molar-refractivity contribution in [2.75, 3.05) is 0 Å². The summed E-state index contributed by atoms with van der Waals surface area (Å²) in [6, 6.07) is 6.77. The zero-order valence-corrected chi connectivity index (χ0v) is 11.8. The van der Waals surface area contributed by atoms with Crippen molar-refractivity contribution in [1.82, 2.24) is 14.7 Å². The Morgan fingerprint density at radius 3 is 3.05 bits per heavy atom. The van der Waals surface area contributed by atoms with E-state index in [2.05, 4.69) is 47.0 Å². The second-order valence-electron chi connectivity index (χ2n) is 5.95. The van der Waals surface area contributed by atoms with E-state index in [1.54, 1.807) is 0 Å². The number of fused-ring (bicyclic) bond motifs is 1. The lowest BCUT2D eigenvalue weighted by Crippen LogP contribution is -2.40. The summed E-state index contributed by atoms with van der Waals surface area (Å²) in [5.41, 5.74) is 2.17. The smallest absolute Gasteiger partial charge is 0.137 e. The highest BCUT2D eigenvalue weighted by Crippen LogP contribution is 2.29. The van der Waals surface area contributed by atoms with Gasteiger partial charge in [0.2, 0.25) is 0 Å². The highest BCUT2D eigenvalue weighted by molar-refractivity contribution is 5.39. The van der Waals surface area contributed by atoms with Crippen molar-refractivity contribution in [2.45, 2.75) is 45.7 Å². The van der Waals surface area contributed by atoms with Crippen LogP contribution in [-0.2, 0) is 6.54 Å². The van der Waals surface area contributed by atoms with Crippen molar-refractivity contribution < 1.29 is 0 Å². The van der Waals surface area contributed by atoms with Gasteiger partial charge in [-0.15, -0.1) is 0 Å². The number of imidazole rings is 1. The number of pyridine rings is 1. The van der Waals surface area contributed by atoms with Crippen LogP contribution < -0.4 is 5.32 Å². The molecule has 3 heteroatoms. The molecule has 0 amide bonds. The van der Waals surface area contributed by atoms with Crippen LogP contribution in [0.3, 0.4) is 0 Å². The summed E-state index contributed by atoms with van der Waals surface area (Å²) in [4.78, 5) is 4.64. The molecule has 0 bridgehead atoms. The van der Waals surface area contributed by atoms with E-state index in [0.717, 1.165) is 29.7 Å². The Morgan fingerprint density at radius 1 is 1.32 bits per heavy atom. The van der Waals surface area contributed by atoms with Crippen LogP contribution in [0.5, 0.6) is 0 Å². The molecule has 3 nitrogen and oxygen atoms in total. The Bertz CT molecular complexity index is 513. The van der Waals surface area contributed by atoms with Crippen LogP contribution >= 0.6 is 0 Å². The Kier molecular flexibility index (Phi) is 3.56. The summed E-state index contributed by atoms with van der Waals surface area (Å²) in [6.07, 6.45) is 8.22. The van der Waals surface area contributed by atoms with E-state index in [1.165, 1.54) is 19.3 Å². The maximum absolute atomic E-state index is 4.64. The monoisotopic (exact) mass is 257 g/mol. The molecule has 1 saturated carbocycles. The predicted octanol–water partition coefficient (Wildman–Crippen LogP) is 3.25. The number of hydrogen-bond acceptors (Lipinski definition) is 2. The van der Waals surface area contributed by atoms with E-state index >= 15 is 0 Å². The Hall–Kier alpha value is -1.35. The van der Waals surface area contributed by atoms with Gasteiger partial charge in [-0.2, -0.15) is 0 Å². The highest BCUT2D eigenvalue weighted by Gasteiger charge is 2.26. The topological polar surface area (TPSA) is 29.3 Å². The molecule has 0 spiro atoms. The maximum atomic E-state index is 4.64. The van der Waals surface area contributed by atoms with Gasteiger partial charge in [-0.25, -0.2) is 4.98 Å². The molecule has 2 aromatic heterocycles. The first kappa shape index (κ1) is 12.7. The maximum Gasteiger partial charge on any atom is 0.137 e. The molecule has 19 heavy (non-hydrogen) atoms. The van der Waals surface area contributed by atoms with E-state index in [-0.39, 0.29) is 0 Å². The SMILES string of the molecule is CC1CCCC(NCc2cn3ccccc3n2)C1C. The average molecular weight is 257 g/mol.